The Hall–Kier alpha value is -1.02. The quantitative estimate of drug-likeness (QED) is 0.858. The van der Waals surface area contributed by atoms with Gasteiger partial charge in [0.05, 0.1) is 6.42 Å². The van der Waals surface area contributed by atoms with Gasteiger partial charge in [-0.3, -0.25) is 4.79 Å². The molecule has 0 radical (unpaired) electrons. The van der Waals surface area contributed by atoms with E-state index in [4.69, 9.17) is 16.7 Å². The second-order valence-electron chi connectivity index (χ2n) is 4.44. The molecule has 0 unspecified atom stereocenters. The molecule has 0 aromatic heterocycles. The second-order valence-corrected chi connectivity index (χ2v) is 4.84. The lowest BCUT2D eigenvalue weighted by Gasteiger charge is -2.24. The normalized spacial score (nSPS) is 11.5. The Morgan fingerprint density at radius 2 is 2.07 bits per heavy atom. The van der Waals surface area contributed by atoms with E-state index in [2.05, 4.69) is 0 Å². The summed E-state index contributed by atoms with van der Waals surface area (Å²) in [5.74, 6) is -0.809. The minimum absolute atomic E-state index is 0.0791. The van der Waals surface area contributed by atoms with E-state index in [0.29, 0.717) is 5.02 Å². The SMILES string of the molecule is Cc1ccc(C(C)(C)CC(=O)O)c(Cl)c1. The summed E-state index contributed by atoms with van der Waals surface area (Å²) in [6.07, 6.45) is 0.0791. The number of carbonyl (C=O) groups is 1. The molecule has 0 saturated carbocycles. The first-order chi connectivity index (χ1) is 6.83. The van der Waals surface area contributed by atoms with Crippen LogP contribution in [0, 0.1) is 6.92 Å². The van der Waals surface area contributed by atoms with E-state index >= 15 is 0 Å². The van der Waals surface area contributed by atoms with Gasteiger partial charge >= 0.3 is 5.97 Å². The molecular formula is C12H15ClO2. The lowest BCUT2D eigenvalue weighted by Crippen LogP contribution is -2.22. The Morgan fingerprint density at radius 1 is 1.47 bits per heavy atom. The Balaban J connectivity index is 3.09. The van der Waals surface area contributed by atoms with E-state index in [-0.39, 0.29) is 6.42 Å². The van der Waals surface area contributed by atoms with Gasteiger partial charge in [-0.15, -0.1) is 0 Å². The molecule has 0 saturated heterocycles. The maximum atomic E-state index is 10.7. The van der Waals surface area contributed by atoms with Crippen molar-refractivity contribution < 1.29 is 9.90 Å². The van der Waals surface area contributed by atoms with Crippen molar-refractivity contribution in [3.8, 4) is 0 Å². The molecule has 1 aromatic rings. The van der Waals surface area contributed by atoms with Crippen molar-refractivity contribution in [2.45, 2.75) is 32.6 Å². The molecule has 1 rings (SSSR count). The first kappa shape index (κ1) is 12.1. The molecule has 0 aliphatic rings. The van der Waals surface area contributed by atoms with E-state index in [0.717, 1.165) is 11.1 Å². The van der Waals surface area contributed by atoms with Gasteiger partial charge in [0.1, 0.15) is 0 Å². The van der Waals surface area contributed by atoms with E-state index in [9.17, 15) is 4.79 Å². The number of carboxylic acid groups (broad SMARTS) is 1. The highest BCUT2D eigenvalue weighted by molar-refractivity contribution is 6.31. The maximum absolute atomic E-state index is 10.7. The number of aryl methyl sites for hydroxylation is 1. The summed E-state index contributed by atoms with van der Waals surface area (Å²) < 4.78 is 0. The Labute approximate surface area is 94.9 Å². The molecule has 0 heterocycles. The molecule has 0 atom stereocenters. The van der Waals surface area contributed by atoms with Crippen LogP contribution in [-0.4, -0.2) is 11.1 Å². The van der Waals surface area contributed by atoms with Crippen LogP contribution in [0.1, 0.15) is 31.4 Å². The summed E-state index contributed by atoms with van der Waals surface area (Å²) >= 11 is 6.10. The van der Waals surface area contributed by atoms with Crippen molar-refractivity contribution in [1.82, 2.24) is 0 Å². The van der Waals surface area contributed by atoms with Crippen LogP contribution >= 0.6 is 11.6 Å². The van der Waals surface area contributed by atoms with E-state index in [1.54, 1.807) is 0 Å². The number of rotatable bonds is 3. The first-order valence-corrected chi connectivity index (χ1v) is 5.19. The fourth-order valence-corrected chi connectivity index (χ4v) is 2.13. The summed E-state index contributed by atoms with van der Waals surface area (Å²) in [4.78, 5) is 10.7. The smallest absolute Gasteiger partial charge is 0.304 e. The average molecular weight is 227 g/mol. The van der Waals surface area contributed by atoms with Crippen LogP contribution in [0.15, 0.2) is 18.2 Å². The molecule has 1 N–H and O–H groups in total. The van der Waals surface area contributed by atoms with Gasteiger partial charge in [-0.25, -0.2) is 0 Å². The zero-order valence-corrected chi connectivity index (χ0v) is 9.93. The van der Waals surface area contributed by atoms with Gasteiger partial charge in [0.25, 0.3) is 0 Å². The molecule has 0 fully saturated rings. The topological polar surface area (TPSA) is 37.3 Å². The first-order valence-electron chi connectivity index (χ1n) is 4.81. The average Bonchev–Trinajstić information content (AvgIpc) is 1.99. The summed E-state index contributed by atoms with van der Waals surface area (Å²) in [6, 6.07) is 5.71. The highest BCUT2D eigenvalue weighted by Gasteiger charge is 2.26. The van der Waals surface area contributed by atoms with Crippen molar-refractivity contribution in [1.29, 1.82) is 0 Å². The fourth-order valence-electron chi connectivity index (χ4n) is 1.64. The Kier molecular flexibility index (Phi) is 3.40. The third-order valence-corrected chi connectivity index (χ3v) is 2.76. The summed E-state index contributed by atoms with van der Waals surface area (Å²) in [7, 11) is 0. The van der Waals surface area contributed by atoms with Crippen LogP contribution < -0.4 is 0 Å². The molecule has 0 aliphatic carbocycles. The van der Waals surface area contributed by atoms with Crippen LogP contribution in [0.3, 0.4) is 0 Å². The molecule has 82 valence electrons. The zero-order valence-electron chi connectivity index (χ0n) is 9.17. The predicted molar refractivity (Wildman–Crippen MR) is 61.5 cm³/mol. The molecule has 2 nitrogen and oxygen atoms in total. The van der Waals surface area contributed by atoms with Crippen molar-refractivity contribution in [2.24, 2.45) is 0 Å². The Bertz CT molecular complexity index is 383. The summed E-state index contributed by atoms with van der Waals surface area (Å²) in [6.45, 7) is 5.73. The molecule has 0 aliphatic heterocycles. The summed E-state index contributed by atoms with van der Waals surface area (Å²) in [5.41, 5.74) is 1.53. The molecular weight excluding hydrogens is 212 g/mol. The number of carboxylic acids is 1. The summed E-state index contributed by atoms with van der Waals surface area (Å²) in [5, 5.41) is 9.45. The third-order valence-electron chi connectivity index (χ3n) is 2.45. The number of hydrogen-bond donors (Lipinski definition) is 1. The largest absolute Gasteiger partial charge is 0.481 e. The van der Waals surface area contributed by atoms with E-state index in [1.165, 1.54) is 0 Å². The molecule has 1 aromatic carbocycles. The minimum Gasteiger partial charge on any atom is -0.481 e. The second kappa shape index (κ2) is 4.23. The molecule has 0 bridgehead atoms. The van der Waals surface area contributed by atoms with Gasteiger partial charge in [-0.1, -0.05) is 37.6 Å². The van der Waals surface area contributed by atoms with Crippen LogP contribution in [0.2, 0.25) is 5.02 Å². The van der Waals surface area contributed by atoms with Gasteiger partial charge in [0.15, 0.2) is 0 Å². The molecule has 3 heteroatoms. The number of hydrogen-bond acceptors (Lipinski definition) is 1. The van der Waals surface area contributed by atoms with Crippen molar-refractivity contribution in [3.05, 3.63) is 34.3 Å². The minimum atomic E-state index is -0.809. The monoisotopic (exact) mass is 226 g/mol. The molecule has 0 amide bonds. The van der Waals surface area contributed by atoms with Crippen LogP contribution in [0.25, 0.3) is 0 Å². The van der Waals surface area contributed by atoms with Crippen LogP contribution in [0.4, 0.5) is 0 Å². The van der Waals surface area contributed by atoms with Gasteiger partial charge in [-0.2, -0.15) is 0 Å². The third kappa shape index (κ3) is 2.96. The predicted octanol–water partition coefficient (Wildman–Crippen LogP) is 3.40. The lowest BCUT2D eigenvalue weighted by molar-refractivity contribution is -0.138. The molecule has 15 heavy (non-hydrogen) atoms. The highest BCUT2D eigenvalue weighted by atomic mass is 35.5. The number of halogens is 1. The van der Waals surface area contributed by atoms with Crippen molar-refractivity contribution >= 4 is 17.6 Å². The van der Waals surface area contributed by atoms with E-state index < -0.39 is 11.4 Å². The standard InChI is InChI=1S/C12H15ClO2/c1-8-4-5-9(10(13)6-8)12(2,3)7-11(14)15/h4-6H,7H2,1-3H3,(H,14,15). The van der Waals surface area contributed by atoms with Crippen LogP contribution in [0.5, 0.6) is 0 Å². The fraction of sp³-hybridized carbons (Fsp3) is 0.417. The van der Waals surface area contributed by atoms with Gasteiger partial charge in [0, 0.05) is 10.4 Å². The van der Waals surface area contributed by atoms with Gasteiger partial charge in [-0.05, 0) is 24.1 Å². The Morgan fingerprint density at radius 3 is 2.53 bits per heavy atom. The van der Waals surface area contributed by atoms with Gasteiger partial charge in [0.2, 0.25) is 0 Å². The van der Waals surface area contributed by atoms with Crippen molar-refractivity contribution in [2.75, 3.05) is 0 Å². The van der Waals surface area contributed by atoms with E-state index in [1.807, 2.05) is 39.0 Å². The molecule has 0 spiro atoms. The zero-order chi connectivity index (χ0) is 11.6. The van der Waals surface area contributed by atoms with Gasteiger partial charge < -0.3 is 5.11 Å². The highest BCUT2D eigenvalue weighted by Crippen LogP contribution is 2.33. The lowest BCUT2D eigenvalue weighted by atomic mass is 9.81. The number of benzene rings is 1. The number of aliphatic carboxylic acids is 1. The van der Waals surface area contributed by atoms with Crippen molar-refractivity contribution in [3.63, 3.8) is 0 Å². The van der Waals surface area contributed by atoms with Crippen LogP contribution in [-0.2, 0) is 10.2 Å². The maximum Gasteiger partial charge on any atom is 0.304 e.